The second-order valence-electron chi connectivity index (χ2n) is 2.34. The fourth-order valence-corrected chi connectivity index (χ4v) is 0.825. The van der Waals surface area contributed by atoms with Crippen molar-refractivity contribution >= 4 is 12.2 Å². The molecule has 0 aliphatic carbocycles. The fraction of sp³-hybridized carbons (Fsp3) is 0.111. The van der Waals surface area contributed by atoms with E-state index in [0.29, 0.717) is 0 Å². The normalized spacial score (nSPS) is 10.2. The van der Waals surface area contributed by atoms with Gasteiger partial charge in [0.05, 0.1) is 11.8 Å². The molecule has 68 valence electrons. The van der Waals surface area contributed by atoms with Gasteiger partial charge >= 0.3 is 5.97 Å². The van der Waals surface area contributed by atoms with E-state index in [1.54, 1.807) is 12.1 Å². The van der Waals surface area contributed by atoms with Crippen LogP contribution in [0.4, 0.5) is 0 Å². The lowest BCUT2D eigenvalue weighted by molar-refractivity contribution is 0.0697. The maximum absolute atomic E-state index is 10.5. The summed E-state index contributed by atoms with van der Waals surface area (Å²) in [7, 11) is 1.45. The fourth-order valence-electron chi connectivity index (χ4n) is 0.825. The number of oxime groups is 1. The molecule has 1 rings (SSSR count). The standard InChI is InChI=1S/C9H9NO3/c1-13-10-6-7-2-4-8(5-3-7)9(11)12/h2-6H,1H3,(H,11,12)/b10-6+. The number of aromatic carboxylic acids is 1. The lowest BCUT2D eigenvalue weighted by Gasteiger charge is -1.94. The molecule has 1 aromatic carbocycles. The lowest BCUT2D eigenvalue weighted by atomic mass is 10.1. The Bertz CT molecular complexity index is 316. The van der Waals surface area contributed by atoms with Gasteiger partial charge in [0.2, 0.25) is 0 Å². The van der Waals surface area contributed by atoms with E-state index in [-0.39, 0.29) is 5.56 Å². The number of rotatable bonds is 3. The molecule has 4 heteroatoms. The van der Waals surface area contributed by atoms with E-state index in [1.807, 2.05) is 0 Å². The number of hydrogen-bond donors (Lipinski definition) is 1. The van der Waals surface area contributed by atoms with Crippen LogP contribution in [0.5, 0.6) is 0 Å². The third-order valence-corrected chi connectivity index (χ3v) is 1.46. The average molecular weight is 179 g/mol. The van der Waals surface area contributed by atoms with Gasteiger partial charge in [-0.2, -0.15) is 0 Å². The Labute approximate surface area is 75.4 Å². The summed E-state index contributed by atoms with van der Waals surface area (Å²) in [5, 5.41) is 12.1. The quantitative estimate of drug-likeness (QED) is 0.563. The molecule has 1 aromatic rings. The highest BCUT2D eigenvalue weighted by atomic mass is 16.6. The van der Waals surface area contributed by atoms with Gasteiger partial charge in [0.1, 0.15) is 7.11 Å². The molecule has 0 radical (unpaired) electrons. The first-order valence-corrected chi connectivity index (χ1v) is 3.64. The maximum atomic E-state index is 10.5. The molecule has 0 aromatic heterocycles. The van der Waals surface area contributed by atoms with Gasteiger partial charge in [0.15, 0.2) is 0 Å². The van der Waals surface area contributed by atoms with E-state index < -0.39 is 5.97 Å². The van der Waals surface area contributed by atoms with E-state index in [2.05, 4.69) is 9.99 Å². The Morgan fingerprint density at radius 2 is 2.08 bits per heavy atom. The van der Waals surface area contributed by atoms with Gasteiger partial charge in [-0.25, -0.2) is 4.79 Å². The third-order valence-electron chi connectivity index (χ3n) is 1.46. The Balaban J connectivity index is 2.81. The van der Waals surface area contributed by atoms with Gasteiger partial charge in [-0.1, -0.05) is 17.3 Å². The first-order valence-electron chi connectivity index (χ1n) is 3.64. The first kappa shape index (κ1) is 9.25. The van der Waals surface area contributed by atoms with Gasteiger partial charge in [-0.15, -0.1) is 0 Å². The summed E-state index contributed by atoms with van der Waals surface area (Å²) in [6.45, 7) is 0. The van der Waals surface area contributed by atoms with Gasteiger partial charge in [0, 0.05) is 0 Å². The van der Waals surface area contributed by atoms with E-state index >= 15 is 0 Å². The number of benzene rings is 1. The Hall–Kier alpha value is -1.84. The predicted molar refractivity (Wildman–Crippen MR) is 48.0 cm³/mol. The minimum Gasteiger partial charge on any atom is -0.478 e. The van der Waals surface area contributed by atoms with Gasteiger partial charge in [-0.3, -0.25) is 0 Å². The zero-order valence-corrected chi connectivity index (χ0v) is 7.10. The first-order chi connectivity index (χ1) is 6.24. The minimum absolute atomic E-state index is 0.259. The molecule has 0 bridgehead atoms. The van der Waals surface area contributed by atoms with E-state index in [1.165, 1.54) is 25.5 Å². The highest BCUT2D eigenvalue weighted by Gasteiger charge is 1.99. The maximum Gasteiger partial charge on any atom is 0.335 e. The molecule has 1 N–H and O–H groups in total. The molecule has 0 unspecified atom stereocenters. The lowest BCUT2D eigenvalue weighted by Crippen LogP contribution is -1.95. The Kier molecular flexibility index (Phi) is 3.03. The van der Waals surface area contributed by atoms with Crippen molar-refractivity contribution in [2.45, 2.75) is 0 Å². The third kappa shape index (κ3) is 2.59. The van der Waals surface area contributed by atoms with Crippen molar-refractivity contribution in [3.8, 4) is 0 Å². The molecule has 0 aliphatic heterocycles. The van der Waals surface area contributed by atoms with Crippen molar-refractivity contribution in [3.63, 3.8) is 0 Å². The van der Waals surface area contributed by atoms with Crippen LogP contribution < -0.4 is 0 Å². The molecular formula is C9H9NO3. The zero-order valence-electron chi connectivity index (χ0n) is 7.10. The van der Waals surface area contributed by atoms with Crippen molar-refractivity contribution in [1.29, 1.82) is 0 Å². The van der Waals surface area contributed by atoms with Crippen LogP contribution in [0.3, 0.4) is 0 Å². The highest BCUT2D eigenvalue weighted by Crippen LogP contribution is 2.02. The van der Waals surface area contributed by atoms with Gasteiger partial charge < -0.3 is 9.94 Å². The second kappa shape index (κ2) is 4.25. The summed E-state index contributed by atoms with van der Waals surface area (Å²) in [5.41, 5.74) is 1.06. The predicted octanol–water partition coefficient (Wildman–Crippen LogP) is 1.37. The van der Waals surface area contributed by atoms with Crippen molar-refractivity contribution in [1.82, 2.24) is 0 Å². The van der Waals surface area contributed by atoms with Crippen molar-refractivity contribution in [2.75, 3.05) is 7.11 Å². The summed E-state index contributed by atoms with van der Waals surface area (Å²) in [6.07, 6.45) is 1.51. The molecule has 0 saturated heterocycles. The number of carboxylic acids is 1. The SMILES string of the molecule is CO/N=C/c1ccc(C(=O)O)cc1. The Morgan fingerprint density at radius 1 is 1.46 bits per heavy atom. The van der Waals surface area contributed by atoms with Crippen LogP contribution in [0.25, 0.3) is 0 Å². The molecule has 0 spiro atoms. The molecular weight excluding hydrogens is 170 g/mol. The van der Waals surface area contributed by atoms with Crippen LogP contribution in [-0.2, 0) is 4.84 Å². The summed E-state index contributed by atoms with van der Waals surface area (Å²) in [6, 6.07) is 6.34. The highest BCUT2D eigenvalue weighted by molar-refractivity contribution is 5.89. The van der Waals surface area contributed by atoms with Crippen molar-refractivity contribution < 1.29 is 14.7 Å². The molecule has 0 saturated carbocycles. The van der Waals surface area contributed by atoms with Crippen LogP contribution in [0.2, 0.25) is 0 Å². The average Bonchev–Trinajstić information content (AvgIpc) is 2.15. The van der Waals surface area contributed by atoms with Crippen LogP contribution >= 0.6 is 0 Å². The molecule has 13 heavy (non-hydrogen) atoms. The molecule has 0 heterocycles. The van der Waals surface area contributed by atoms with Crippen molar-refractivity contribution in [3.05, 3.63) is 35.4 Å². The number of carbonyl (C=O) groups is 1. The summed E-state index contributed by atoms with van der Waals surface area (Å²) in [5.74, 6) is -0.935. The van der Waals surface area contributed by atoms with Gasteiger partial charge in [-0.05, 0) is 17.7 Å². The summed E-state index contributed by atoms with van der Waals surface area (Å²) < 4.78 is 0. The summed E-state index contributed by atoms with van der Waals surface area (Å²) >= 11 is 0. The van der Waals surface area contributed by atoms with Crippen LogP contribution in [0, 0.1) is 0 Å². The van der Waals surface area contributed by atoms with Gasteiger partial charge in [0.25, 0.3) is 0 Å². The van der Waals surface area contributed by atoms with E-state index in [9.17, 15) is 4.79 Å². The molecule has 4 nitrogen and oxygen atoms in total. The van der Waals surface area contributed by atoms with E-state index in [0.717, 1.165) is 5.56 Å². The Morgan fingerprint density at radius 3 is 2.54 bits per heavy atom. The monoisotopic (exact) mass is 179 g/mol. The summed E-state index contributed by atoms with van der Waals surface area (Å²) in [4.78, 5) is 14.9. The van der Waals surface area contributed by atoms with Crippen LogP contribution in [0.15, 0.2) is 29.4 Å². The molecule has 0 fully saturated rings. The van der Waals surface area contributed by atoms with Crippen LogP contribution in [-0.4, -0.2) is 24.4 Å². The minimum atomic E-state index is -0.935. The van der Waals surface area contributed by atoms with E-state index in [4.69, 9.17) is 5.11 Å². The topological polar surface area (TPSA) is 58.9 Å². The number of nitrogens with zero attached hydrogens (tertiary/aromatic N) is 1. The van der Waals surface area contributed by atoms with Crippen molar-refractivity contribution in [2.24, 2.45) is 5.16 Å². The molecule has 0 amide bonds. The zero-order chi connectivity index (χ0) is 9.68. The second-order valence-corrected chi connectivity index (χ2v) is 2.34. The number of hydrogen-bond acceptors (Lipinski definition) is 3. The largest absolute Gasteiger partial charge is 0.478 e. The molecule has 0 atom stereocenters. The molecule has 0 aliphatic rings. The smallest absolute Gasteiger partial charge is 0.335 e. The van der Waals surface area contributed by atoms with Crippen LogP contribution in [0.1, 0.15) is 15.9 Å². The number of carboxylic acid groups (broad SMARTS) is 1.